The molecule has 0 atom stereocenters. The molecule has 9 nitrogen and oxygen atoms in total. The molecule has 0 aliphatic heterocycles. The highest BCUT2D eigenvalue weighted by molar-refractivity contribution is 9.10. The Morgan fingerprint density at radius 3 is 2.48 bits per heavy atom. The number of methoxy groups -OCH3 is 1. The molecule has 0 radical (unpaired) electrons. The van der Waals surface area contributed by atoms with Gasteiger partial charge in [0.25, 0.3) is 15.9 Å². The van der Waals surface area contributed by atoms with Crippen LogP contribution in [0.2, 0.25) is 0 Å². The van der Waals surface area contributed by atoms with Crippen LogP contribution in [0.4, 0.5) is 11.5 Å². The minimum Gasteiger partial charge on any atom is -0.483 e. The zero-order valence-corrected chi connectivity index (χ0v) is 20.6. The number of sulfonamides is 1. The number of rotatable bonds is 9. The Morgan fingerprint density at radius 2 is 1.82 bits per heavy atom. The Balaban J connectivity index is 1.61. The van der Waals surface area contributed by atoms with Gasteiger partial charge in [-0.05, 0) is 53.9 Å². The molecule has 0 aliphatic rings. The second kappa shape index (κ2) is 10.6. The molecule has 0 saturated heterocycles. The van der Waals surface area contributed by atoms with Crippen LogP contribution >= 0.6 is 15.9 Å². The van der Waals surface area contributed by atoms with E-state index in [2.05, 4.69) is 35.9 Å². The molecule has 11 heteroatoms. The maximum absolute atomic E-state index is 12.6. The summed E-state index contributed by atoms with van der Waals surface area (Å²) >= 11 is 3.44. The first-order valence-corrected chi connectivity index (χ1v) is 12.2. The van der Waals surface area contributed by atoms with Gasteiger partial charge in [0.2, 0.25) is 5.88 Å². The van der Waals surface area contributed by atoms with Crippen molar-refractivity contribution >= 4 is 43.4 Å². The molecule has 1 aromatic heterocycles. The Bertz CT molecular complexity index is 1230. The highest BCUT2D eigenvalue weighted by Crippen LogP contribution is 2.29. The first-order valence-electron chi connectivity index (χ1n) is 9.89. The molecular weight excluding hydrogens is 512 g/mol. The van der Waals surface area contributed by atoms with Crippen molar-refractivity contribution in [1.82, 2.24) is 9.97 Å². The van der Waals surface area contributed by atoms with Gasteiger partial charge in [0, 0.05) is 16.2 Å². The maximum atomic E-state index is 12.6. The van der Waals surface area contributed by atoms with E-state index in [1.807, 2.05) is 32.0 Å². The number of halogens is 1. The molecular formula is C22H23BrN4O5S. The van der Waals surface area contributed by atoms with Crippen molar-refractivity contribution in [3.8, 4) is 11.6 Å². The molecule has 0 unspecified atom stereocenters. The van der Waals surface area contributed by atoms with Crippen LogP contribution in [-0.4, -0.2) is 38.0 Å². The average Bonchev–Trinajstić information content (AvgIpc) is 2.78. The third kappa shape index (κ3) is 6.65. The van der Waals surface area contributed by atoms with Crippen LogP contribution in [0.1, 0.15) is 25.3 Å². The van der Waals surface area contributed by atoms with Crippen molar-refractivity contribution in [2.75, 3.05) is 23.8 Å². The van der Waals surface area contributed by atoms with Crippen molar-refractivity contribution in [3.05, 3.63) is 64.9 Å². The summed E-state index contributed by atoms with van der Waals surface area (Å²) in [5.74, 6) is 0.801. The third-order valence-corrected chi connectivity index (χ3v) is 6.35. The van der Waals surface area contributed by atoms with Crippen LogP contribution in [0.15, 0.2) is 64.2 Å². The number of nitrogens with zero attached hydrogens (tertiary/aromatic N) is 2. The van der Waals surface area contributed by atoms with Crippen molar-refractivity contribution in [1.29, 1.82) is 0 Å². The van der Waals surface area contributed by atoms with E-state index in [-0.39, 0.29) is 35.0 Å². The Labute approximate surface area is 200 Å². The van der Waals surface area contributed by atoms with Crippen LogP contribution in [0.25, 0.3) is 0 Å². The molecule has 2 aromatic carbocycles. The van der Waals surface area contributed by atoms with Gasteiger partial charge in [-0.25, -0.2) is 18.4 Å². The number of aromatic nitrogens is 2. The van der Waals surface area contributed by atoms with Gasteiger partial charge in [-0.2, -0.15) is 0 Å². The predicted octanol–water partition coefficient (Wildman–Crippen LogP) is 4.19. The second-order valence-electron chi connectivity index (χ2n) is 7.25. The van der Waals surface area contributed by atoms with Crippen molar-refractivity contribution < 1.29 is 22.7 Å². The van der Waals surface area contributed by atoms with Crippen molar-refractivity contribution in [2.45, 2.75) is 24.7 Å². The minimum atomic E-state index is -3.88. The lowest BCUT2D eigenvalue weighted by molar-refractivity contribution is -0.118. The second-order valence-corrected chi connectivity index (χ2v) is 9.85. The number of nitrogens with one attached hydrogen (secondary N) is 2. The first kappa shape index (κ1) is 24.5. The number of anilines is 2. The van der Waals surface area contributed by atoms with Crippen LogP contribution in [0.5, 0.6) is 11.6 Å². The molecule has 1 heterocycles. The summed E-state index contributed by atoms with van der Waals surface area (Å²) in [4.78, 5) is 20.0. The number of hydrogen-bond acceptors (Lipinski definition) is 7. The van der Waals surface area contributed by atoms with E-state index in [4.69, 9.17) is 9.47 Å². The Kier molecular flexibility index (Phi) is 7.88. The molecule has 3 aromatic rings. The summed E-state index contributed by atoms with van der Waals surface area (Å²) in [5, 5.41) is 2.69. The molecule has 0 bridgehead atoms. The Morgan fingerprint density at radius 1 is 1.09 bits per heavy atom. The molecule has 0 saturated carbocycles. The van der Waals surface area contributed by atoms with Crippen molar-refractivity contribution in [3.63, 3.8) is 0 Å². The number of benzene rings is 2. The molecule has 0 aliphatic carbocycles. The number of carbonyl (C=O) groups excluding carboxylic acids is 1. The minimum absolute atomic E-state index is 0.00534. The van der Waals surface area contributed by atoms with Gasteiger partial charge >= 0.3 is 0 Å². The zero-order chi connectivity index (χ0) is 24.0. The fourth-order valence-corrected chi connectivity index (χ4v) is 4.24. The largest absolute Gasteiger partial charge is 0.483 e. The zero-order valence-electron chi connectivity index (χ0n) is 18.2. The Hall–Kier alpha value is -3.18. The summed E-state index contributed by atoms with van der Waals surface area (Å²) in [6, 6.07) is 12.7. The molecule has 33 heavy (non-hydrogen) atoms. The van der Waals surface area contributed by atoms with Gasteiger partial charge in [-0.15, -0.1) is 0 Å². The monoisotopic (exact) mass is 534 g/mol. The lowest BCUT2D eigenvalue weighted by atomic mass is 10.0. The van der Waals surface area contributed by atoms with E-state index in [0.29, 0.717) is 11.4 Å². The lowest BCUT2D eigenvalue weighted by Crippen LogP contribution is -2.20. The van der Waals surface area contributed by atoms with Crippen LogP contribution in [0, 0.1) is 0 Å². The lowest BCUT2D eigenvalue weighted by Gasteiger charge is -2.14. The van der Waals surface area contributed by atoms with E-state index >= 15 is 0 Å². The highest BCUT2D eigenvalue weighted by atomic mass is 79.9. The van der Waals surface area contributed by atoms with Gasteiger partial charge in [-0.1, -0.05) is 29.8 Å². The molecule has 1 amide bonds. The van der Waals surface area contributed by atoms with Crippen molar-refractivity contribution in [2.24, 2.45) is 0 Å². The first-order chi connectivity index (χ1) is 15.7. The van der Waals surface area contributed by atoms with Gasteiger partial charge in [-0.3, -0.25) is 9.52 Å². The third-order valence-electron chi connectivity index (χ3n) is 4.49. The average molecular weight is 535 g/mol. The number of hydrogen-bond donors (Lipinski definition) is 2. The van der Waals surface area contributed by atoms with Gasteiger partial charge in [0.15, 0.2) is 6.61 Å². The van der Waals surface area contributed by atoms with E-state index in [9.17, 15) is 13.2 Å². The maximum Gasteiger partial charge on any atom is 0.263 e. The van der Waals surface area contributed by atoms with Crippen LogP contribution in [0.3, 0.4) is 0 Å². The summed E-state index contributed by atoms with van der Waals surface area (Å²) in [7, 11) is -2.47. The highest BCUT2D eigenvalue weighted by Gasteiger charge is 2.16. The van der Waals surface area contributed by atoms with Crippen LogP contribution in [-0.2, 0) is 14.8 Å². The van der Waals surface area contributed by atoms with E-state index in [1.165, 1.54) is 43.8 Å². The van der Waals surface area contributed by atoms with Gasteiger partial charge in [0.1, 0.15) is 17.9 Å². The van der Waals surface area contributed by atoms with E-state index in [1.54, 1.807) is 0 Å². The fraction of sp³-hybridized carbons (Fsp3) is 0.227. The molecule has 0 spiro atoms. The number of ether oxygens (including phenoxy) is 2. The van der Waals surface area contributed by atoms with Crippen LogP contribution < -0.4 is 19.5 Å². The molecule has 2 N–H and O–H groups in total. The van der Waals surface area contributed by atoms with E-state index < -0.39 is 10.0 Å². The normalized spacial score (nSPS) is 11.2. The molecule has 3 rings (SSSR count). The molecule has 0 fully saturated rings. The SMILES string of the molecule is COc1cc(NS(=O)(=O)c2ccc(NC(=O)COc3ccc(Br)cc3C(C)C)cc2)ncn1. The summed E-state index contributed by atoms with van der Waals surface area (Å²) in [6.07, 6.45) is 1.19. The predicted molar refractivity (Wildman–Crippen MR) is 128 cm³/mol. The summed E-state index contributed by atoms with van der Waals surface area (Å²) < 4.78 is 39.1. The van der Waals surface area contributed by atoms with Gasteiger partial charge in [0.05, 0.1) is 12.0 Å². The fourth-order valence-electron chi connectivity index (χ4n) is 2.86. The van der Waals surface area contributed by atoms with E-state index in [0.717, 1.165) is 10.0 Å². The number of carbonyl (C=O) groups is 1. The topological polar surface area (TPSA) is 120 Å². The smallest absolute Gasteiger partial charge is 0.263 e. The summed E-state index contributed by atoms with van der Waals surface area (Å²) in [5.41, 5.74) is 1.42. The standard InChI is InChI=1S/C22H23BrN4O5S/c1-14(2)18-10-15(23)4-9-19(18)32-12-21(28)26-16-5-7-17(8-6-16)33(29,30)27-20-11-22(31-3)25-13-24-20/h4-11,13-14H,12H2,1-3H3,(H,26,28)(H,24,25,27). The number of amides is 1. The van der Waals surface area contributed by atoms with Gasteiger partial charge < -0.3 is 14.8 Å². The molecule has 174 valence electrons. The summed E-state index contributed by atoms with van der Waals surface area (Å²) in [6.45, 7) is 3.90. The quantitative estimate of drug-likeness (QED) is 0.422.